The lowest BCUT2D eigenvalue weighted by Crippen LogP contribution is -2.16. The van der Waals surface area contributed by atoms with Crippen molar-refractivity contribution in [1.29, 1.82) is 5.26 Å². The molecule has 0 amide bonds. The molecule has 0 aliphatic heterocycles. The fourth-order valence-corrected chi connectivity index (χ4v) is 1.87. The molecule has 2 aromatic rings. The monoisotopic (exact) mass is 258 g/mol. The normalized spacial score (nSPS) is 11.8. The van der Waals surface area contributed by atoms with Gasteiger partial charge in [-0.05, 0) is 43.7 Å². The van der Waals surface area contributed by atoms with Crippen LogP contribution in [0.25, 0.3) is 0 Å². The number of hydrogen-bond acceptors (Lipinski definition) is 3. The van der Waals surface area contributed by atoms with Crippen LogP contribution in [0.4, 0.5) is 10.1 Å². The minimum Gasteiger partial charge on any atom is -0.469 e. The van der Waals surface area contributed by atoms with Gasteiger partial charge in [-0.25, -0.2) is 4.39 Å². The van der Waals surface area contributed by atoms with E-state index in [9.17, 15) is 4.39 Å². The number of benzene rings is 1. The van der Waals surface area contributed by atoms with Crippen LogP contribution in [-0.2, 0) is 6.42 Å². The first-order valence-corrected chi connectivity index (χ1v) is 6.17. The van der Waals surface area contributed by atoms with Gasteiger partial charge in [-0.15, -0.1) is 0 Å². The maximum absolute atomic E-state index is 13.4. The van der Waals surface area contributed by atoms with Crippen molar-refractivity contribution in [3.63, 3.8) is 0 Å². The average Bonchev–Trinajstić information content (AvgIpc) is 2.90. The van der Waals surface area contributed by atoms with E-state index >= 15 is 0 Å². The molecule has 0 aliphatic rings. The molecule has 3 nitrogen and oxygen atoms in total. The first kappa shape index (κ1) is 13.2. The molecule has 2 rings (SSSR count). The summed E-state index contributed by atoms with van der Waals surface area (Å²) in [5.74, 6) is 0.449. The smallest absolute Gasteiger partial charge is 0.143 e. The molecule has 0 radical (unpaired) electrons. The lowest BCUT2D eigenvalue weighted by molar-refractivity contribution is 0.495. The zero-order valence-electron chi connectivity index (χ0n) is 10.7. The minimum absolute atomic E-state index is 0.0637. The fraction of sp³-hybridized carbons (Fsp3) is 0.267. The molecule has 1 atom stereocenters. The molecule has 0 bridgehead atoms. The molecular weight excluding hydrogens is 243 g/mol. The van der Waals surface area contributed by atoms with Crippen LogP contribution >= 0.6 is 0 Å². The maximum atomic E-state index is 13.4. The zero-order valence-corrected chi connectivity index (χ0v) is 10.7. The summed E-state index contributed by atoms with van der Waals surface area (Å²) in [5.41, 5.74) is 0.747. The first-order chi connectivity index (χ1) is 9.19. The van der Waals surface area contributed by atoms with Gasteiger partial charge in [0.25, 0.3) is 0 Å². The van der Waals surface area contributed by atoms with E-state index in [2.05, 4.69) is 5.32 Å². The van der Waals surface area contributed by atoms with Gasteiger partial charge in [0.1, 0.15) is 17.6 Å². The van der Waals surface area contributed by atoms with Crippen molar-refractivity contribution in [3.05, 3.63) is 53.7 Å². The van der Waals surface area contributed by atoms with E-state index in [1.54, 1.807) is 18.4 Å². The van der Waals surface area contributed by atoms with Crippen molar-refractivity contribution in [1.82, 2.24) is 0 Å². The lowest BCUT2D eigenvalue weighted by atomic mass is 10.1. The highest BCUT2D eigenvalue weighted by Crippen LogP contribution is 2.16. The number of hydrogen-bond donors (Lipinski definition) is 1. The van der Waals surface area contributed by atoms with E-state index in [0.29, 0.717) is 5.69 Å². The molecule has 1 unspecified atom stereocenters. The van der Waals surface area contributed by atoms with Crippen LogP contribution in [0.5, 0.6) is 0 Å². The molecule has 0 fully saturated rings. The van der Waals surface area contributed by atoms with Crippen molar-refractivity contribution in [2.24, 2.45) is 0 Å². The zero-order chi connectivity index (χ0) is 13.7. The molecule has 0 aliphatic carbocycles. The Bertz CT molecular complexity index is 572. The Morgan fingerprint density at radius 1 is 1.42 bits per heavy atom. The second-order valence-corrected chi connectivity index (χ2v) is 4.47. The quantitative estimate of drug-likeness (QED) is 0.889. The molecule has 0 spiro atoms. The summed E-state index contributed by atoms with van der Waals surface area (Å²) in [6.45, 7) is 2.03. The van der Waals surface area contributed by atoms with Crippen LogP contribution in [0.3, 0.4) is 0 Å². The molecule has 4 heteroatoms. The summed E-state index contributed by atoms with van der Waals surface area (Å²) in [6, 6.07) is 10.3. The molecule has 1 heterocycles. The highest BCUT2D eigenvalue weighted by Gasteiger charge is 2.07. The Balaban J connectivity index is 1.90. The van der Waals surface area contributed by atoms with Gasteiger partial charge in [0.05, 0.1) is 11.8 Å². The van der Waals surface area contributed by atoms with Crippen molar-refractivity contribution in [2.75, 3.05) is 5.32 Å². The van der Waals surface area contributed by atoms with Gasteiger partial charge in [0.15, 0.2) is 0 Å². The third kappa shape index (κ3) is 3.59. The predicted octanol–water partition coefficient (Wildman–Crippen LogP) is 3.72. The van der Waals surface area contributed by atoms with Crippen molar-refractivity contribution in [2.45, 2.75) is 25.8 Å². The average molecular weight is 258 g/mol. The summed E-state index contributed by atoms with van der Waals surface area (Å²) in [7, 11) is 0. The fourth-order valence-electron chi connectivity index (χ4n) is 1.87. The third-order valence-corrected chi connectivity index (χ3v) is 2.91. The number of nitrogens with one attached hydrogen (secondary N) is 1. The van der Waals surface area contributed by atoms with Crippen molar-refractivity contribution in [3.8, 4) is 6.07 Å². The van der Waals surface area contributed by atoms with E-state index in [1.165, 1.54) is 12.1 Å². The van der Waals surface area contributed by atoms with Crippen LogP contribution in [0, 0.1) is 17.1 Å². The van der Waals surface area contributed by atoms with Crippen LogP contribution < -0.4 is 5.32 Å². The number of anilines is 1. The highest BCUT2D eigenvalue weighted by molar-refractivity contribution is 5.48. The maximum Gasteiger partial charge on any atom is 0.143 e. The summed E-state index contributed by atoms with van der Waals surface area (Å²) in [5, 5.41) is 11.9. The summed E-state index contributed by atoms with van der Waals surface area (Å²) >= 11 is 0. The van der Waals surface area contributed by atoms with Crippen LogP contribution in [0.1, 0.15) is 24.7 Å². The largest absolute Gasteiger partial charge is 0.469 e. The molecule has 0 saturated heterocycles. The number of rotatable bonds is 5. The number of halogens is 1. The van der Waals surface area contributed by atoms with Crippen molar-refractivity contribution >= 4 is 5.69 Å². The standard InChI is InChI=1S/C15H15FN2O/c1-11(4-7-14-3-2-8-19-14)18-13-6-5-12(10-17)15(16)9-13/h2-3,5-6,8-9,11,18H,4,7H2,1H3. The molecule has 19 heavy (non-hydrogen) atoms. The Kier molecular flexibility index (Phi) is 4.19. The summed E-state index contributed by atoms with van der Waals surface area (Å²) in [6.07, 6.45) is 3.37. The number of furan rings is 1. The van der Waals surface area contributed by atoms with Crippen LogP contribution in [-0.4, -0.2) is 6.04 Å². The van der Waals surface area contributed by atoms with Gasteiger partial charge >= 0.3 is 0 Å². The summed E-state index contributed by atoms with van der Waals surface area (Å²) < 4.78 is 18.7. The van der Waals surface area contributed by atoms with E-state index in [0.717, 1.165) is 18.6 Å². The summed E-state index contributed by atoms with van der Waals surface area (Å²) in [4.78, 5) is 0. The first-order valence-electron chi connectivity index (χ1n) is 6.17. The van der Waals surface area contributed by atoms with Gasteiger partial charge in [0, 0.05) is 18.2 Å². The Morgan fingerprint density at radius 3 is 2.89 bits per heavy atom. The number of aryl methyl sites for hydroxylation is 1. The topological polar surface area (TPSA) is 49.0 Å². The van der Waals surface area contributed by atoms with Crippen LogP contribution in [0.2, 0.25) is 0 Å². The molecule has 1 aromatic carbocycles. The van der Waals surface area contributed by atoms with E-state index in [1.807, 2.05) is 19.1 Å². The Hall–Kier alpha value is -2.28. The molecule has 0 saturated carbocycles. The van der Waals surface area contributed by atoms with E-state index in [4.69, 9.17) is 9.68 Å². The van der Waals surface area contributed by atoms with E-state index < -0.39 is 5.82 Å². The predicted molar refractivity (Wildman–Crippen MR) is 71.2 cm³/mol. The van der Waals surface area contributed by atoms with Gasteiger partial charge in [-0.2, -0.15) is 5.26 Å². The number of nitrogens with zero attached hydrogens (tertiary/aromatic N) is 1. The third-order valence-electron chi connectivity index (χ3n) is 2.91. The van der Waals surface area contributed by atoms with Gasteiger partial charge in [-0.3, -0.25) is 0 Å². The van der Waals surface area contributed by atoms with Gasteiger partial charge < -0.3 is 9.73 Å². The van der Waals surface area contributed by atoms with Gasteiger partial charge in [0.2, 0.25) is 0 Å². The van der Waals surface area contributed by atoms with Gasteiger partial charge in [-0.1, -0.05) is 0 Å². The molecule has 1 aromatic heterocycles. The molecular formula is C15H15FN2O. The van der Waals surface area contributed by atoms with Crippen LogP contribution in [0.15, 0.2) is 41.0 Å². The molecule has 98 valence electrons. The second kappa shape index (κ2) is 6.05. The van der Waals surface area contributed by atoms with E-state index in [-0.39, 0.29) is 11.6 Å². The lowest BCUT2D eigenvalue weighted by Gasteiger charge is -2.14. The minimum atomic E-state index is -0.495. The number of nitriles is 1. The second-order valence-electron chi connectivity index (χ2n) is 4.47. The SMILES string of the molecule is CC(CCc1ccco1)Nc1ccc(C#N)c(F)c1. The molecule has 1 N–H and O–H groups in total. The Morgan fingerprint density at radius 2 is 2.26 bits per heavy atom. The van der Waals surface area contributed by atoms with Crippen molar-refractivity contribution < 1.29 is 8.81 Å². The highest BCUT2D eigenvalue weighted by atomic mass is 19.1. The Labute approximate surface area is 111 Å².